The number of ketones is 1. The van der Waals surface area contributed by atoms with Crippen LogP contribution >= 0.6 is 23.2 Å². The summed E-state index contributed by atoms with van der Waals surface area (Å²) in [6.07, 6.45) is 0.149. The molecule has 0 saturated carbocycles. The summed E-state index contributed by atoms with van der Waals surface area (Å²) in [7, 11) is -3.64. The van der Waals surface area contributed by atoms with Crippen LogP contribution in [0.4, 0.5) is 11.4 Å². The Morgan fingerprint density at radius 3 is 2.38 bits per heavy atom. The molecule has 0 spiro atoms. The highest BCUT2D eigenvalue weighted by atomic mass is 35.5. The molecule has 1 aliphatic rings. The molecular weight excluding hydrogens is 499 g/mol. The number of hydrogen-bond donors (Lipinski definition) is 1. The summed E-state index contributed by atoms with van der Waals surface area (Å²) >= 11 is 12.2. The molecule has 0 fully saturated rings. The van der Waals surface area contributed by atoms with Crippen molar-refractivity contribution in [3.8, 4) is 5.75 Å². The van der Waals surface area contributed by atoms with Crippen LogP contribution in [0, 0.1) is 0 Å². The first-order valence-corrected chi connectivity index (χ1v) is 12.9. The van der Waals surface area contributed by atoms with E-state index in [1.165, 1.54) is 18.2 Å². The van der Waals surface area contributed by atoms with Crippen molar-refractivity contribution in [2.75, 3.05) is 22.4 Å². The van der Waals surface area contributed by atoms with Crippen LogP contribution in [0.1, 0.15) is 22.3 Å². The van der Waals surface area contributed by atoms with E-state index in [1.54, 1.807) is 48.5 Å². The smallest absolute Gasteiger partial charge is 0.265 e. The average Bonchev–Trinajstić information content (AvgIpc) is 3.00. The molecule has 1 aliphatic heterocycles. The Hall–Kier alpha value is -3.07. The van der Waals surface area contributed by atoms with Gasteiger partial charge >= 0.3 is 0 Å². The normalized spacial score (nSPS) is 15.6. The maximum Gasteiger partial charge on any atom is 0.265 e. The van der Waals surface area contributed by atoms with E-state index in [9.17, 15) is 18.0 Å². The lowest BCUT2D eigenvalue weighted by Gasteiger charge is -2.21. The fourth-order valence-electron chi connectivity index (χ4n) is 3.65. The molecule has 0 bridgehead atoms. The van der Waals surface area contributed by atoms with Crippen LogP contribution in [-0.4, -0.2) is 39.0 Å². The number of carbonyl (C=O) groups excluding carboxylic acids is 2. The van der Waals surface area contributed by atoms with Crippen molar-refractivity contribution in [2.24, 2.45) is 0 Å². The summed E-state index contributed by atoms with van der Waals surface area (Å²) < 4.78 is 31.7. The summed E-state index contributed by atoms with van der Waals surface area (Å²) in [5, 5.41) is 3.43. The summed E-state index contributed by atoms with van der Waals surface area (Å²) in [4.78, 5) is 26.2. The van der Waals surface area contributed by atoms with Gasteiger partial charge in [0.25, 0.3) is 5.91 Å². The van der Waals surface area contributed by atoms with Crippen LogP contribution in [0.15, 0.2) is 66.7 Å². The number of anilines is 2. The molecule has 7 nitrogen and oxygen atoms in total. The molecule has 1 atom stereocenters. The van der Waals surface area contributed by atoms with Crippen LogP contribution in [0.3, 0.4) is 0 Å². The number of fused-ring (bicyclic) bond motifs is 1. The quantitative estimate of drug-likeness (QED) is 0.490. The average molecular weight is 519 g/mol. The van der Waals surface area contributed by atoms with E-state index in [4.69, 9.17) is 27.9 Å². The van der Waals surface area contributed by atoms with Crippen LogP contribution in [0.5, 0.6) is 5.75 Å². The van der Waals surface area contributed by atoms with E-state index < -0.39 is 22.0 Å². The Balaban J connectivity index is 1.63. The van der Waals surface area contributed by atoms with Crippen molar-refractivity contribution < 1.29 is 22.7 Å². The maximum atomic E-state index is 13.2. The zero-order valence-corrected chi connectivity index (χ0v) is 20.3. The molecule has 3 aromatic rings. The summed E-state index contributed by atoms with van der Waals surface area (Å²) in [6.45, 7) is 0.0146. The van der Waals surface area contributed by atoms with Gasteiger partial charge in [-0.05, 0) is 36.4 Å². The van der Waals surface area contributed by atoms with Gasteiger partial charge in [0.05, 0.1) is 17.6 Å². The first-order chi connectivity index (χ1) is 16.1. The van der Waals surface area contributed by atoms with Crippen LogP contribution in [-0.2, 0) is 14.8 Å². The predicted octanol–water partition coefficient (Wildman–Crippen LogP) is 4.78. The minimum Gasteiger partial charge on any atom is -0.478 e. The van der Waals surface area contributed by atoms with E-state index in [0.29, 0.717) is 15.6 Å². The Morgan fingerprint density at radius 1 is 1.00 bits per heavy atom. The molecule has 0 radical (unpaired) electrons. The van der Waals surface area contributed by atoms with Gasteiger partial charge in [0, 0.05) is 34.1 Å². The van der Waals surface area contributed by atoms with Gasteiger partial charge in [-0.15, -0.1) is 0 Å². The van der Waals surface area contributed by atoms with E-state index in [-0.39, 0.29) is 41.4 Å². The molecule has 1 unspecified atom stereocenters. The first kappa shape index (κ1) is 24.1. The molecule has 1 heterocycles. The van der Waals surface area contributed by atoms with Crippen molar-refractivity contribution in [3.63, 3.8) is 0 Å². The van der Waals surface area contributed by atoms with Gasteiger partial charge in [-0.2, -0.15) is 0 Å². The van der Waals surface area contributed by atoms with Gasteiger partial charge in [0.1, 0.15) is 5.75 Å². The van der Waals surface area contributed by atoms with Gasteiger partial charge in [0.2, 0.25) is 10.0 Å². The topological polar surface area (TPSA) is 92.8 Å². The van der Waals surface area contributed by atoms with Crippen LogP contribution in [0.25, 0.3) is 0 Å². The number of nitrogens with one attached hydrogen (secondary N) is 1. The SMILES string of the molecule is CS(=O)(=O)N1CCC(C(=O)Nc2ccc(Cl)cc2C(=O)c2ccccc2)Oc2ccc(Cl)cc21. The van der Waals surface area contributed by atoms with Crippen molar-refractivity contribution in [2.45, 2.75) is 12.5 Å². The summed E-state index contributed by atoms with van der Waals surface area (Å²) in [5.74, 6) is -0.617. The van der Waals surface area contributed by atoms with Crippen LogP contribution < -0.4 is 14.4 Å². The van der Waals surface area contributed by atoms with Crippen molar-refractivity contribution in [3.05, 3.63) is 87.9 Å². The molecule has 1 amide bonds. The van der Waals surface area contributed by atoms with Crippen molar-refractivity contribution >= 4 is 56.3 Å². The summed E-state index contributed by atoms with van der Waals surface area (Å²) in [5.41, 5.74) is 1.20. The minimum absolute atomic E-state index is 0.0146. The Morgan fingerprint density at radius 2 is 1.68 bits per heavy atom. The standard InChI is InChI=1S/C24H20Cl2N2O5S/c1-34(31,32)28-12-11-22(33-21-10-8-17(26)14-20(21)28)24(30)27-19-9-7-16(25)13-18(19)23(29)15-5-3-2-4-6-15/h2-10,13-14,22H,11-12H2,1H3,(H,27,30). The lowest BCUT2D eigenvalue weighted by atomic mass is 10.0. The van der Waals surface area contributed by atoms with Gasteiger partial charge in [-0.1, -0.05) is 53.5 Å². The number of rotatable bonds is 5. The highest BCUT2D eigenvalue weighted by molar-refractivity contribution is 7.92. The molecule has 34 heavy (non-hydrogen) atoms. The second kappa shape index (κ2) is 9.66. The molecule has 176 valence electrons. The van der Waals surface area contributed by atoms with Crippen molar-refractivity contribution in [1.82, 2.24) is 0 Å². The molecule has 3 aromatic carbocycles. The third-order valence-electron chi connectivity index (χ3n) is 5.27. The minimum atomic E-state index is -3.64. The maximum absolute atomic E-state index is 13.2. The lowest BCUT2D eigenvalue weighted by Crippen LogP contribution is -2.36. The van der Waals surface area contributed by atoms with Crippen LogP contribution in [0.2, 0.25) is 10.0 Å². The zero-order valence-electron chi connectivity index (χ0n) is 18.0. The number of nitrogens with zero attached hydrogens (tertiary/aromatic N) is 1. The van der Waals surface area contributed by atoms with Gasteiger partial charge in [-0.3, -0.25) is 13.9 Å². The summed E-state index contributed by atoms with van der Waals surface area (Å²) in [6, 6.07) is 17.8. The molecule has 0 saturated heterocycles. The first-order valence-electron chi connectivity index (χ1n) is 10.3. The second-order valence-electron chi connectivity index (χ2n) is 7.72. The largest absolute Gasteiger partial charge is 0.478 e. The second-order valence-corrected chi connectivity index (χ2v) is 10.5. The monoisotopic (exact) mass is 518 g/mol. The predicted molar refractivity (Wildman–Crippen MR) is 133 cm³/mol. The van der Waals surface area contributed by atoms with E-state index >= 15 is 0 Å². The fourth-order valence-corrected chi connectivity index (χ4v) is 4.93. The molecule has 4 rings (SSSR count). The number of carbonyl (C=O) groups is 2. The number of halogens is 2. The molecular formula is C24H20Cl2N2O5S. The molecule has 1 N–H and O–H groups in total. The number of hydrogen-bond acceptors (Lipinski definition) is 5. The van der Waals surface area contributed by atoms with Crippen molar-refractivity contribution in [1.29, 1.82) is 0 Å². The van der Waals surface area contributed by atoms with E-state index in [1.807, 2.05) is 0 Å². The molecule has 0 aliphatic carbocycles. The lowest BCUT2D eigenvalue weighted by molar-refractivity contribution is -0.122. The number of benzene rings is 3. The Kier molecular flexibility index (Phi) is 6.84. The highest BCUT2D eigenvalue weighted by Crippen LogP contribution is 2.36. The number of amides is 1. The number of sulfonamides is 1. The third-order valence-corrected chi connectivity index (χ3v) is 6.92. The van der Waals surface area contributed by atoms with Gasteiger partial charge in [-0.25, -0.2) is 8.42 Å². The van der Waals surface area contributed by atoms with Gasteiger partial charge < -0.3 is 10.1 Å². The Bertz CT molecular complexity index is 1360. The molecule has 10 heteroatoms. The molecule has 0 aromatic heterocycles. The Labute approximate surface area is 207 Å². The number of ether oxygens (including phenoxy) is 1. The third kappa shape index (κ3) is 5.19. The van der Waals surface area contributed by atoms with Gasteiger partial charge in [0.15, 0.2) is 11.9 Å². The zero-order chi connectivity index (χ0) is 24.5. The highest BCUT2D eigenvalue weighted by Gasteiger charge is 2.32. The van der Waals surface area contributed by atoms with E-state index in [2.05, 4.69) is 5.32 Å². The fraction of sp³-hybridized carbons (Fsp3) is 0.167. The van der Waals surface area contributed by atoms with E-state index in [0.717, 1.165) is 10.6 Å².